The number of rotatable bonds is 5. The maximum atomic E-state index is 11.0. The fraction of sp³-hybridized carbons (Fsp3) is 0.471. The van der Waals surface area contributed by atoms with E-state index in [1.165, 1.54) is 12.5 Å². The van der Waals surface area contributed by atoms with Gasteiger partial charge in [-0.05, 0) is 24.6 Å². The van der Waals surface area contributed by atoms with Crippen LogP contribution in [-0.4, -0.2) is 39.0 Å². The van der Waals surface area contributed by atoms with E-state index in [9.17, 15) is 4.79 Å². The Balaban J connectivity index is 1.72. The molecule has 2 aromatic rings. The van der Waals surface area contributed by atoms with Crippen molar-refractivity contribution in [3.63, 3.8) is 0 Å². The highest BCUT2D eigenvalue weighted by Crippen LogP contribution is 2.22. The molecule has 0 bridgehead atoms. The molecule has 24 heavy (non-hydrogen) atoms. The van der Waals surface area contributed by atoms with E-state index in [0.29, 0.717) is 6.04 Å². The monoisotopic (exact) mass is 330 g/mol. The maximum absolute atomic E-state index is 11.0. The van der Waals surface area contributed by atoms with Crippen molar-refractivity contribution in [1.29, 1.82) is 0 Å². The van der Waals surface area contributed by atoms with Gasteiger partial charge in [0.2, 0.25) is 0 Å². The van der Waals surface area contributed by atoms with E-state index in [4.69, 9.17) is 9.47 Å². The molecule has 0 radical (unpaired) electrons. The minimum Gasteiger partial charge on any atom is -0.497 e. The molecule has 0 unspecified atom stereocenters. The Morgan fingerprint density at radius 2 is 2.08 bits per heavy atom. The van der Waals surface area contributed by atoms with E-state index >= 15 is 0 Å². The van der Waals surface area contributed by atoms with Crippen molar-refractivity contribution in [2.75, 3.05) is 7.11 Å². The van der Waals surface area contributed by atoms with E-state index in [-0.39, 0.29) is 12.6 Å². The van der Waals surface area contributed by atoms with Gasteiger partial charge in [0.1, 0.15) is 18.1 Å². The Bertz CT molecular complexity index is 711. The summed E-state index contributed by atoms with van der Waals surface area (Å²) in [7, 11) is 1.67. The van der Waals surface area contributed by atoms with Gasteiger partial charge < -0.3 is 9.47 Å². The van der Waals surface area contributed by atoms with Gasteiger partial charge >= 0.3 is 5.97 Å². The van der Waals surface area contributed by atoms with Gasteiger partial charge in [-0.25, -0.2) is 4.68 Å². The fourth-order valence-electron chi connectivity index (χ4n) is 2.86. The zero-order valence-electron chi connectivity index (χ0n) is 14.2. The summed E-state index contributed by atoms with van der Waals surface area (Å²) in [5.74, 6) is 0.549. The van der Waals surface area contributed by atoms with Crippen molar-refractivity contribution in [3.8, 4) is 5.75 Å². The van der Waals surface area contributed by atoms with Gasteiger partial charge in [0.25, 0.3) is 0 Å². The number of nitrogens with zero attached hydrogens (tertiary/aromatic N) is 4. The Hall–Kier alpha value is -2.41. The lowest BCUT2D eigenvalue weighted by molar-refractivity contribution is -0.142. The molecule has 3 rings (SSSR count). The zero-order chi connectivity index (χ0) is 17.1. The molecule has 1 aromatic carbocycles. The number of hydrogen-bond donors (Lipinski definition) is 0. The number of aromatic nitrogens is 3. The third-order valence-corrected chi connectivity index (χ3v) is 4.29. The molecule has 7 heteroatoms. The number of esters is 1. The molecule has 0 spiro atoms. The highest BCUT2D eigenvalue weighted by Gasteiger charge is 2.27. The molecule has 0 aliphatic carbocycles. The first-order valence-corrected chi connectivity index (χ1v) is 7.98. The van der Waals surface area contributed by atoms with Crippen LogP contribution in [0.1, 0.15) is 30.8 Å². The second-order valence-corrected chi connectivity index (χ2v) is 6.05. The molecule has 0 amide bonds. The van der Waals surface area contributed by atoms with Gasteiger partial charge in [0, 0.05) is 26.1 Å². The molecule has 0 N–H and O–H groups in total. The Morgan fingerprint density at radius 3 is 2.75 bits per heavy atom. The van der Waals surface area contributed by atoms with Crippen LogP contribution >= 0.6 is 0 Å². The number of fused-ring (bicyclic) bond motifs is 1. The van der Waals surface area contributed by atoms with Crippen LogP contribution in [0, 0.1) is 0 Å². The van der Waals surface area contributed by atoms with Crippen molar-refractivity contribution >= 4 is 5.97 Å². The summed E-state index contributed by atoms with van der Waals surface area (Å²) in [4.78, 5) is 13.4. The van der Waals surface area contributed by atoms with Crippen LogP contribution < -0.4 is 4.74 Å². The van der Waals surface area contributed by atoms with Crippen molar-refractivity contribution < 1.29 is 14.3 Å². The molecule has 1 aromatic heterocycles. The van der Waals surface area contributed by atoms with Crippen molar-refractivity contribution in [1.82, 2.24) is 19.9 Å². The summed E-state index contributed by atoms with van der Waals surface area (Å²) in [5, 5.41) is 8.34. The summed E-state index contributed by atoms with van der Waals surface area (Å²) < 4.78 is 12.2. The molecular formula is C17H22N4O3. The van der Waals surface area contributed by atoms with Crippen LogP contribution in [-0.2, 0) is 35.8 Å². The zero-order valence-corrected chi connectivity index (χ0v) is 14.2. The quantitative estimate of drug-likeness (QED) is 0.778. The highest BCUT2D eigenvalue weighted by molar-refractivity contribution is 5.65. The standard InChI is InChI=1S/C17H22N4O3/c1-12-8-21-17(16(18-19-21)11-24-13(2)22)10-20(12)9-14-4-6-15(23-3)7-5-14/h4-7,12H,8-11H2,1-3H3/t12-/m0/s1. The van der Waals surface area contributed by atoms with Crippen LogP contribution in [0.3, 0.4) is 0 Å². The van der Waals surface area contributed by atoms with Gasteiger partial charge in [-0.3, -0.25) is 9.69 Å². The van der Waals surface area contributed by atoms with Gasteiger partial charge in [0.15, 0.2) is 0 Å². The van der Waals surface area contributed by atoms with Crippen molar-refractivity contribution in [2.24, 2.45) is 0 Å². The van der Waals surface area contributed by atoms with E-state index in [1.807, 2.05) is 16.8 Å². The molecule has 1 aliphatic heterocycles. The maximum Gasteiger partial charge on any atom is 0.303 e. The largest absolute Gasteiger partial charge is 0.497 e. The minimum absolute atomic E-state index is 0.176. The van der Waals surface area contributed by atoms with Crippen LogP contribution in [0.2, 0.25) is 0 Å². The van der Waals surface area contributed by atoms with E-state index in [0.717, 1.165) is 36.8 Å². The van der Waals surface area contributed by atoms with Gasteiger partial charge in [0.05, 0.1) is 19.3 Å². The normalized spacial score (nSPS) is 17.4. The Labute approximate surface area is 141 Å². The van der Waals surface area contributed by atoms with Gasteiger partial charge in [-0.2, -0.15) is 0 Å². The topological polar surface area (TPSA) is 69.5 Å². The molecular weight excluding hydrogens is 308 g/mol. The smallest absolute Gasteiger partial charge is 0.303 e. The lowest BCUT2D eigenvalue weighted by Crippen LogP contribution is -2.41. The van der Waals surface area contributed by atoms with Crippen molar-refractivity contribution in [3.05, 3.63) is 41.2 Å². The number of ether oxygens (including phenoxy) is 2. The predicted octanol–water partition coefficient (Wildman–Crippen LogP) is 1.75. The second kappa shape index (κ2) is 7.00. The van der Waals surface area contributed by atoms with Crippen LogP contribution in [0.5, 0.6) is 5.75 Å². The second-order valence-electron chi connectivity index (χ2n) is 6.05. The third-order valence-electron chi connectivity index (χ3n) is 4.29. The Morgan fingerprint density at radius 1 is 1.33 bits per heavy atom. The molecule has 1 aliphatic rings. The fourth-order valence-corrected chi connectivity index (χ4v) is 2.86. The van der Waals surface area contributed by atoms with E-state index in [1.54, 1.807) is 7.11 Å². The number of hydrogen-bond acceptors (Lipinski definition) is 6. The first-order chi connectivity index (χ1) is 11.6. The number of methoxy groups -OCH3 is 1. The Kier molecular flexibility index (Phi) is 4.80. The number of benzene rings is 1. The summed E-state index contributed by atoms with van der Waals surface area (Å²) in [6, 6.07) is 8.46. The lowest BCUT2D eigenvalue weighted by atomic mass is 10.1. The summed E-state index contributed by atoms with van der Waals surface area (Å²) >= 11 is 0. The summed E-state index contributed by atoms with van der Waals surface area (Å²) in [6.45, 7) is 6.10. The molecule has 2 heterocycles. The van der Waals surface area contributed by atoms with Crippen LogP contribution in [0.15, 0.2) is 24.3 Å². The molecule has 0 saturated heterocycles. The average molecular weight is 330 g/mol. The first-order valence-electron chi connectivity index (χ1n) is 7.98. The highest BCUT2D eigenvalue weighted by atomic mass is 16.5. The number of carbonyl (C=O) groups is 1. The van der Waals surface area contributed by atoms with E-state index in [2.05, 4.69) is 34.3 Å². The molecule has 128 valence electrons. The van der Waals surface area contributed by atoms with Crippen LogP contribution in [0.4, 0.5) is 0 Å². The van der Waals surface area contributed by atoms with Crippen LogP contribution in [0.25, 0.3) is 0 Å². The van der Waals surface area contributed by atoms with E-state index < -0.39 is 0 Å². The molecule has 0 saturated carbocycles. The van der Waals surface area contributed by atoms with Crippen molar-refractivity contribution in [2.45, 2.75) is 46.1 Å². The SMILES string of the molecule is COc1ccc(CN2Cc3c(COC(C)=O)nnn3C[C@@H]2C)cc1. The minimum atomic E-state index is -0.309. The summed E-state index contributed by atoms with van der Waals surface area (Å²) in [5.41, 5.74) is 2.98. The van der Waals surface area contributed by atoms with Gasteiger partial charge in [-0.1, -0.05) is 17.3 Å². The predicted molar refractivity (Wildman–Crippen MR) is 87.2 cm³/mol. The molecule has 0 fully saturated rings. The lowest BCUT2D eigenvalue weighted by Gasteiger charge is -2.33. The molecule has 1 atom stereocenters. The number of carbonyl (C=O) groups excluding carboxylic acids is 1. The average Bonchev–Trinajstić information content (AvgIpc) is 2.96. The molecule has 7 nitrogen and oxygen atoms in total. The summed E-state index contributed by atoms with van der Waals surface area (Å²) in [6.07, 6.45) is 0. The third kappa shape index (κ3) is 3.56. The first kappa shape index (κ1) is 16.4. The van der Waals surface area contributed by atoms with Gasteiger partial charge in [-0.15, -0.1) is 5.10 Å².